The molecule has 0 amide bonds. The maximum atomic E-state index is 10.6. The quantitative estimate of drug-likeness (QED) is 0.401. The summed E-state index contributed by atoms with van der Waals surface area (Å²) in [7, 11) is -1.97. The van der Waals surface area contributed by atoms with E-state index >= 15 is 0 Å². The minimum absolute atomic E-state index is 0.0735. The number of aliphatic hydroxyl groups excluding tert-OH is 2. The normalized spacial score (nSPS) is 28.6. The lowest BCUT2D eigenvalue weighted by molar-refractivity contribution is -0.0582. The predicted octanol–water partition coefficient (Wildman–Crippen LogP) is 2.58. The Hall–Kier alpha value is -0.893. The molecule has 2 unspecified atom stereocenters. The fraction of sp³-hybridized carbons (Fsp3) is 0.714. The van der Waals surface area contributed by atoms with Crippen molar-refractivity contribution in [1.29, 1.82) is 0 Å². The van der Waals surface area contributed by atoms with E-state index in [-0.39, 0.29) is 5.04 Å². The van der Waals surface area contributed by atoms with Crippen LogP contribution in [0.2, 0.25) is 18.1 Å². The van der Waals surface area contributed by atoms with Crippen molar-refractivity contribution in [2.45, 2.75) is 69.9 Å². The Morgan fingerprint density at radius 1 is 1.30 bits per heavy atom. The van der Waals surface area contributed by atoms with Gasteiger partial charge in [0.1, 0.15) is 23.9 Å². The van der Waals surface area contributed by atoms with Crippen LogP contribution in [-0.2, 0) is 9.16 Å². The Morgan fingerprint density at radius 3 is 2.43 bits per heavy atom. The molecular weight excluding hydrogens is 417 g/mol. The van der Waals surface area contributed by atoms with Crippen LogP contribution in [0.25, 0.3) is 0 Å². The van der Waals surface area contributed by atoms with Gasteiger partial charge in [-0.1, -0.05) is 27.4 Å². The number of aliphatic imine (C=N–C) groups is 1. The largest absolute Gasteiger partial charge is 0.412 e. The Bertz CT molecular complexity index is 769. The smallest absolute Gasteiger partial charge is 0.192 e. The van der Waals surface area contributed by atoms with E-state index in [4.69, 9.17) is 14.9 Å². The zero-order chi connectivity index (χ0) is 23.1. The summed E-state index contributed by atoms with van der Waals surface area (Å²) in [5, 5.41) is 21.2. The number of aliphatic hydroxyl groups is 2. The molecule has 4 N–H and O–H groups in total. The summed E-state index contributed by atoms with van der Waals surface area (Å²) in [4.78, 5) is 5.99. The van der Waals surface area contributed by atoms with E-state index in [1.54, 1.807) is 11.1 Å². The molecule has 2 heterocycles. The molecule has 4 atom stereocenters. The molecule has 0 spiro atoms. The molecule has 1 fully saturated rings. The van der Waals surface area contributed by atoms with Crippen molar-refractivity contribution in [3.05, 3.63) is 24.2 Å². The van der Waals surface area contributed by atoms with E-state index in [1.807, 2.05) is 0 Å². The maximum Gasteiger partial charge on any atom is 0.192 e. The van der Waals surface area contributed by atoms with Gasteiger partial charge in [-0.2, -0.15) is 0 Å². The van der Waals surface area contributed by atoms with Crippen molar-refractivity contribution in [1.82, 2.24) is 4.90 Å². The van der Waals surface area contributed by atoms with Gasteiger partial charge < -0.3 is 30.0 Å². The number of hydrogen-bond acceptors (Lipinski definition) is 7. The second-order valence-electron chi connectivity index (χ2n) is 10.5. The molecule has 2 aliphatic heterocycles. The zero-order valence-corrected chi connectivity index (χ0v) is 21.4. The molecule has 1 saturated heterocycles. The van der Waals surface area contributed by atoms with E-state index < -0.39 is 39.7 Å². The van der Waals surface area contributed by atoms with Crippen LogP contribution in [0, 0.1) is 0 Å². The summed E-state index contributed by atoms with van der Waals surface area (Å²) in [5.41, 5.74) is 6.84. The van der Waals surface area contributed by atoms with E-state index in [2.05, 4.69) is 65.1 Å². The Balaban J connectivity index is 2.16. The lowest BCUT2D eigenvalue weighted by atomic mass is 10.1. The van der Waals surface area contributed by atoms with Crippen molar-refractivity contribution in [3.8, 4) is 0 Å². The average Bonchev–Trinajstić information content (AvgIpc) is 2.86. The van der Waals surface area contributed by atoms with Gasteiger partial charge in [-0.3, -0.25) is 0 Å². The highest BCUT2D eigenvalue weighted by Crippen LogP contribution is 2.39. The number of rotatable bonds is 7. The molecule has 2 aliphatic rings. The number of nitrogens with zero attached hydrogens (tertiary/aromatic N) is 2. The number of ether oxygens (including phenoxy) is 1. The van der Waals surface area contributed by atoms with Crippen LogP contribution in [0.4, 0.5) is 0 Å². The van der Waals surface area contributed by atoms with Gasteiger partial charge >= 0.3 is 0 Å². The molecule has 0 bridgehead atoms. The second-order valence-corrected chi connectivity index (χ2v) is 19.6. The zero-order valence-electron chi connectivity index (χ0n) is 19.6. The first-order valence-electron chi connectivity index (χ1n) is 10.4. The number of hydrogen-bond donors (Lipinski definition) is 3. The third-order valence-electron chi connectivity index (χ3n) is 6.20. The highest BCUT2D eigenvalue weighted by Gasteiger charge is 2.46. The monoisotopic (exact) mass is 457 g/mol. The standard InChI is InChI=1S/C21H40N3O4PSi/c1-14-23-19(22)15(13-27-30(8,9)21(2,3)4)12-24(14)20-18(26)17(25)16(28-20)10-11-29(5,6)7/h12,16-18,20,25-26H,1,5,10-11,13H2,2-4,6-9H3,(H2,22,23)/t16?,17-,18-,20?/m1/s1. The minimum Gasteiger partial charge on any atom is -0.412 e. The second kappa shape index (κ2) is 8.92. The van der Waals surface area contributed by atoms with Gasteiger partial charge in [0.15, 0.2) is 14.5 Å². The van der Waals surface area contributed by atoms with Gasteiger partial charge in [0.05, 0.1) is 12.7 Å². The molecule has 30 heavy (non-hydrogen) atoms. The first-order chi connectivity index (χ1) is 13.5. The Morgan fingerprint density at radius 2 is 1.90 bits per heavy atom. The molecule has 172 valence electrons. The molecule has 0 aromatic carbocycles. The predicted molar refractivity (Wildman–Crippen MR) is 130 cm³/mol. The van der Waals surface area contributed by atoms with Crippen LogP contribution < -0.4 is 5.73 Å². The summed E-state index contributed by atoms with van der Waals surface area (Å²) in [6, 6.07) is 0. The fourth-order valence-electron chi connectivity index (χ4n) is 3.06. The third kappa shape index (κ3) is 5.87. The van der Waals surface area contributed by atoms with Gasteiger partial charge in [-0.05, 0) is 44.0 Å². The minimum atomic E-state index is -1.97. The van der Waals surface area contributed by atoms with Gasteiger partial charge in [-0.25, -0.2) is 4.99 Å². The topological polar surface area (TPSA) is 101 Å². The molecule has 7 nitrogen and oxygen atoms in total. The first-order valence-corrected chi connectivity index (χ1v) is 16.3. The van der Waals surface area contributed by atoms with Crippen LogP contribution in [0.3, 0.4) is 0 Å². The summed E-state index contributed by atoms with van der Waals surface area (Å²) in [5.74, 6) is 0.716. The Labute approximate surface area is 182 Å². The molecule has 0 radical (unpaired) electrons. The third-order valence-corrected chi connectivity index (χ3v) is 12.1. The van der Waals surface area contributed by atoms with Crippen molar-refractivity contribution < 1.29 is 19.4 Å². The van der Waals surface area contributed by atoms with Crippen LogP contribution >= 0.6 is 6.89 Å². The van der Waals surface area contributed by atoms with Crippen molar-refractivity contribution >= 4 is 27.3 Å². The van der Waals surface area contributed by atoms with Crippen LogP contribution in [0.15, 0.2) is 29.2 Å². The summed E-state index contributed by atoms with van der Waals surface area (Å²) >= 11 is 0. The number of nitrogens with two attached hydrogens (primary N) is 1. The molecule has 0 saturated carbocycles. The Kier molecular flexibility index (Phi) is 7.55. The maximum absolute atomic E-state index is 10.6. The first kappa shape index (κ1) is 25.4. The lowest BCUT2D eigenvalue weighted by Gasteiger charge is -2.37. The molecular formula is C21H40N3O4PSi. The summed E-state index contributed by atoms with van der Waals surface area (Å²) in [6.07, 6.45) is 4.23. The van der Waals surface area contributed by atoms with E-state index in [9.17, 15) is 10.2 Å². The SMILES string of the molecule is C=C1N=C(N)C(CO[Si](C)(C)C(C)(C)C)=CN1C1OC(CCP(=C)(C)C)[C@@H](O)[C@H]1O. The highest BCUT2D eigenvalue weighted by atomic mass is 31.2. The molecule has 2 rings (SSSR count). The number of amidine groups is 1. The van der Waals surface area contributed by atoms with Crippen LogP contribution in [-0.4, -0.2) is 86.2 Å². The van der Waals surface area contributed by atoms with Gasteiger partial charge in [0, 0.05) is 11.8 Å². The van der Waals surface area contributed by atoms with Gasteiger partial charge in [0.25, 0.3) is 0 Å². The molecule has 0 aromatic heterocycles. The van der Waals surface area contributed by atoms with Gasteiger partial charge in [-0.15, -0.1) is 13.2 Å². The summed E-state index contributed by atoms with van der Waals surface area (Å²) in [6.45, 7) is 18.2. The van der Waals surface area contributed by atoms with Gasteiger partial charge in [0.2, 0.25) is 0 Å². The lowest BCUT2D eigenvalue weighted by Crippen LogP contribution is -2.44. The fourth-order valence-corrected chi connectivity index (χ4v) is 4.96. The van der Waals surface area contributed by atoms with Crippen LogP contribution in [0.1, 0.15) is 27.2 Å². The van der Waals surface area contributed by atoms with E-state index in [0.29, 0.717) is 30.3 Å². The van der Waals surface area contributed by atoms with E-state index in [1.165, 1.54) is 0 Å². The molecule has 0 aromatic rings. The molecule has 0 aliphatic carbocycles. The highest BCUT2D eigenvalue weighted by molar-refractivity contribution is 7.72. The summed E-state index contributed by atoms with van der Waals surface area (Å²) < 4.78 is 12.3. The van der Waals surface area contributed by atoms with Crippen molar-refractivity contribution in [2.24, 2.45) is 10.7 Å². The van der Waals surface area contributed by atoms with Crippen molar-refractivity contribution in [3.63, 3.8) is 0 Å². The molecule has 9 heteroatoms. The van der Waals surface area contributed by atoms with Crippen molar-refractivity contribution in [2.75, 3.05) is 26.1 Å². The van der Waals surface area contributed by atoms with E-state index in [0.717, 1.165) is 6.16 Å². The average molecular weight is 458 g/mol. The van der Waals surface area contributed by atoms with Crippen LogP contribution in [0.5, 0.6) is 0 Å².